The molecule has 0 amide bonds. The Hall–Kier alpha value is -2.77. The van der Waals surface area contributed by atoms with E-state index >= 15 is 0 Å². The first-order valence-electron chi connectivity index (χ1n) is 10.4. The maximum absolute atomic E-state index is 5.65. The number of anilines is 1. The van der Waals surface area contributed by atoms with Crippen LogP contribution >= 0.6 is 0 Å². The Morgan fingerprint density at radius 1 is 1.10 bits per heavy atom. The molecule has 1 aliphatic rings. The van der Waals surface area contributed by atoms with Crippen LogP contribution in [0.3, 0.4) is 0 Å². The third-order valence-corrected chi connectivity index (χ3v) is 4.91. The van der Waals surface area contributed by atoms with Gasteiger partial charge in [0.05, 0.1) is 26.9 Å². The van der Waals surface area contributed by atoms with Crippen LogP contribution in [0.1, 0.15) is 18.1 Å². The van der Waals surface area contributed by atoms with E-state index in [1.807, 2.05) is 25.1 Å². The van der Waals surface area contributed by atoms with E-state index in [0.717, 1.165) is 38.5 Å². The Bertz CT molecular complexity index is 835. The largest absolute Gasteiger partial charge is 0.493 e. The number of aliphatic imine (C=N–C) groups is 1. The predicted octanol–water partition coefficient (Wildman–Crippen LogP) is 3.11. The van der Waals surface area contributed by atoms with Crippen molar-refractivity contribution in [2.75, 3.05) is 52.4 Å². The van der Waals surface area contributed by atoms with Crippen molar-refractivity contribution in [1.29, 1.82) is 0 Å². The fourth-order valence-electron chi connectivity index (χ4n) is 3.38. The lowest BCUT2D eigenvalue weighted by Gasteiger charge is -2.26. The van der Waals surface area contributed by atoms with Crippen LogP contribution in [0.25, 0.3) is 0 Å². The second-order valence-electron chi connectivity index (χ2n) is 7.06. The van der Waals surface area contributed by atoms with E-state index in [1.54, 1.807) is 14.2 Å². The smallest absolute Gasteiger partial charge is 0.195 e. The fraction of sp³-hybridized carbons (Fsp3) is 0.435. The zero-order chi connectivity index (χ0) is 21.2. The fourth-order valence-corrected chi connectivity index (χ4v) is 3.38. The molecule has 1 saturated heterocycles. The van der Waals surface area contributed by atoms with Gasteiger partial charge in [0.25, 0.3) is 0 Å². The summed E-state index contributed by atoms with van der Waals surface area (Å²) in [5.41, 5.74) is 3.41. The molecule has 1 heterocycles. The van der Waals surface area contributed by atoms with Crippen LogP contribution in [0.5, 0.6) is 11.5 Å². The van der Waals surface area contributed by atoms with Gasteiger partial charge in [0.1, 0.15) is 0 Å². The molecule has 7 heteroatoms. The average molecular weight is 413 g/mol. The van der Waals surface area contributed by atoms with E-state index in [2.05, 4.69) is 44.8 Å². The number of morpholine rings is 1. The highest BCUT2D eigenvalue weighted by molar-refractivity contribution is 5.93. The number of hydrogen-bond donors (Lipinski definition) is 2. The molecule has 2 aromatic carbocycles. The molecule has 1 aliphatic heterocycles. The molecule has 0 spiro atoms. The van der Waals surface area contributed by atoms with Crippen LogP contribution in [0.4, 0.5) is 5.69 Å². The number of methoxy groups -OCH3 is 1. The van der Waals surface area contributed by atoms with Crippen molar-refractivity contribution in [2.24, 2.45) is 4.99 Å². The Balaban J connectivity index is 1.58. The van der Waals surface area contributed by atoms with Crippen LogP contribution in [-0.4, -0.2) is 57.9 Å². The van der Waals surface area contributed by atoms with Crippen molar-refractivity contribution < 1.29 is 14.2 Å². The van der Waals surface area contributed by atoms with E-state index in [0.29, 0.717) is 30.6 Å². The molecule has 2 aromatic rings. The molecule has 0 radical (unpaired) electrons. The Morgan fingerprint density at radius 3 is 2.63 bits per heavy atom. The molecule has 0 aliphatic carbocycles. The third kappa shape index (κ3) is 6.37. The number of rotatable bonds is 8. The summed E-state index contributed by atoms with van der Waals surface area (Å²) in [6, 6.07) is 14.4. The molecule has 1 fully saturated rings. The lowest BCUT2D eigenvalue weighted by Crippen LogP contribution is -2.35. The standard InChI is InChI=1S/C23H32N4O3/c1-4-30-22-15-20(8-9-21(22)28-3)26-23(24-2)25-16-18-6-5-7-19(14-18)17-27-10-12-29-13-11-27/h5-9,14-15H,4,10-13,16-17H2,1-3H3,(H2,24,25,26). The van der Waals surface area contributed by atoms with E-state index < -0.39 is 0 Å². The van der Waals surface area contributed by atoms with Crippen LogP contribution < -0.4 is 20.1 Å². The predicted molar refractivity (Wildman–Crippen MR) is 121 cm³/mol. The number of nitrogens with zero attached hydrogens (tertiary/aromatic N) is 2. The molecule has 162 valence electrons. The first kappa shape index (κ1) is 21.9. The highest BCUT2D eigenvalue weighted by Crippen LogP contribution is 2.30. The van der Waals surface area contributed by atoms with Crippen molar-refractivity contribution in [3.8, 4) is 11.5 Å². The van der Waals surface area contributed by atoms with E-state index in [4.69, 9.17) is 14.2 Å². The molecule has 0 bridgehead atoms. The number of ether oxygens (including phenoxy) is 3. The van der Waals surface area contributed by atoms with E-state index in [-0.39, 0.29) is 0 Å². The molecule has 2 N–H and O–H groups in total. The van der Waals surface area contributed by atoms with Crippen LogP contribution in [0.2, 0.25) is 0 Å². The maximum Gasteiger partial charge on any atom is 0.195 e. The summed E-state index contributed by atoms with van der Waals surface area (Å²) in [7, 11) is 3.40. The Morgan fingerprint density at radius 2 is 1.90 bits per heavy atom. The summed E-state index contributed by atoms with van der Waals surface area (Å²) < 4.78 is 16.4. The van der Waals surface area contributed by atoms with E-state index in [9.17, 15) is 0 Å². The molecule has 0 aromatic heterocycles. The topological polar surface area (TPSA) is 67.4 Å². The quantitative estimate of drug-likeness (QED) is 0.513. The van der Waals surface area contributed by atoms with Gasteiger partial charge < -0.3 is 24.8 Å². The van der Waals surface area contributed by atoms with E-state index in [1.165, 1.54) is 11.1 Å². The van der Waals surface area contributed by atoms with Crippen molar-refractivity contribution in [3.63, 3.8) is 0 Å². The van der Waals surface area contributed by atoms with Crippen LogP contribution in [0.15, 0.2) is 47.5 Å². The lowest BCUT2D eigenvalue weighted by molar-refractivity contribution is 0.0342. The molecule has 7 nitrogen and oxygen atoms in total. The van der Waals surface area contributed by atoms with Gasteiger partial charge in [-0.1, -0.05) is 24.3 Å². The zero-order valence-corrected chi connectivity index (χ0v) is 18.1. The first-order chi connectivity index (χ1) is 14.7. The Labute approximate surface area is 179 Å². The lowest BCUT2D eigenvalue weighted by atomic mass is 10.1. The monoisotopic (exact) mass is 412 g/mol. The van der Waals surface area contributed by atoms with Gasteiger partial charge in [-0.3, -0.25) is 9.89 Å². The molecular formula is C23H32N4O3. The van der Waals surface area contributed by atoms with Gasteiger partial charge in [-0.2, -0.15) is 0 Å². The minimum atomic E-state index is 0.577. The van der Waals surface area contributed by atoms with Gasteiger partial charge in [0, 0.05) is 45.0 Å². The van der Waals surface area contributed by atoms with Gasteiger partial charge in [0.2, 0.25) is 0 Å². The summed E-state index contributed by atoms with van der Waals surface area (Å²) in [6.45, 7) is 7.79. The number of guanidine groups is 1. The summed E-state index contributed by atoms with van der Waals surface area (Å²) in [4.78, 5) is 6.76. The maximum atomic E-state index is 5.65. The summed E-state index contributed by atoms with van der Waals surface area (Å²) >= 11 is 0. The van der Waals surface area contributed by atoms with Crippen molar-refractivity contribution in [1.82, 2.24) is 10.2 Å². The third-order valence-electron chi connectivity index (χ3n) is 4.91. The van der Waals surface area contributed by atoms with Gasteiger partial charge >= 0.3 is 0 Å². The molecule has 0 saturated carbocycles. The number of hydrogen-bond acceptors (Lipinski definition) is 5. The average Bonchev–Trinajstić information content (AvgIpc) is 2.78. The van der Waals surface area contributed by atoms with Gasteiger partial charge in [-0.05, 0) is 30.2 Å². The number of benzene rings is 2. The minimum absolute atomic E-state index is 0.577. The second-order valence-corrected chi connectivity index (χ2v) is 7.06. The van der Waals surface area contributed by atoms with Crippen molar-refractivity contribution in [3.05, 3.63) is 53.6 Å². The highest BCUT2D eigenvalue weighted by Gasteiger charge is 2.11. The molecule has 3 rings (SSSR count). The molecule has 30 heavy (non-hydrogen) atoms. The van der Waals surface area contributed by atoms with Crippen LogP contribution in [-0.2, 0) is 17.8 Å². The van der Waals surface area contributed by atoms with Gasteiger partial charge in [0.15, 0.2) is 17.5 Å². The van der Waals surface area contributed by atoms with Gasteiger partial charge in [-0.25, -0.2) is 0 Å². The second kappa shape index (κ2) is 11.4. The SMILES string of the molecule is CCOc1cc(NC(=NC)NCc2cccc(CN3CCOCC3)c2)ccc1OC. The normalized spacial score (nSPS) is 15.0. The zero-order valence-electron chi connectivity index (χ0n) is 18.1. The number of nitrogens with one attached hydrogen (secondary N) is 2. The summed E-state index contributed by atoms with van der Waals surface area (Å²) in [5.74, 6) is 2.11. The van der Waals surface area contributed by atoms with Crippen molar-refractivity contribution >= 4 is 11.6 Å². The first-order valence-corrected chi connectivity index (χ1v) is 10.4. The molecule has 0 unspecified atom stereocenters. The Kier molecular flexibility index (Phi) is 8.35. The van der Waals surface area contributed by atoms with Gasteiger partial charge in [-0.15, -0.1) is 0 Å². The van der Waals surface area contributed by atoms with Crippen LogP contribution in [0, 0.1) is 0 Å². The molecular weight excluding hydrogens is 380 g/mol. The van der Waals surface area contributed by atoms with Crippen molar-refractivity contribution in [2.45, 2.75) is 20.0 Å². The minimum Gasteiger partial charge on any atom is -0.493 e. The summed E-state index contributed by atoms with van der Waals surface area (Å²) in [6.07, 6.45) is 0. The summed E-state index contributed by atoms with van der Waals surface area (Å²) in [5, 5.41) is 6.69. The molecule has 0 atom stereocenters. The highest BCUT2D eigenvalue weighted by atomic mass is 16.5.